The lowest BCUT2D eigenvalue weighted by atomic mass is 10.1. The van der Waals surface area contributed by atoms with E-state index < -0.39 is 11.6 Å². The van der Waals surface area contributed by atoms with Gasteiger partial charge >= 0.3 is 6.09 Å². The fourth-order valence-electron chi connectivity index (χ4n) is 4.23. The van der Waals surface area contributed by atoms with Crippen molar-refractivity contribution in [2.75, 3.05) is 20.3 Å². The van der Waals surface area contributed by atoms with Gasteiger partial charge in [0.1, 0.15) is 11.6 Å². The maximum atomic E-state index is 15.0. The van der Waals surface area contributed by atoms with Gasteiger partial charge in [-0.05, 0) is 38.0 Å². The SMILES string of the molecule is COCC1CCCN1C(=O)OCc1nc(C)c(-c2cccc(-c3cc(F)c4n[nH]nc4c3F)n2)s1. The number of likely N-dealkylation sites (tertiary alicyclic amines) is 1. The number of hydrogen-bond acceptors (Lipinski definition) is 8. The molecule has 12 heteroatoms. The predicted molar refractivity (Wildman–Crippen MR) is 125 cm³/mol. The molecule has 0 bridgehead atoms. The zero-order chi connectivity index (χ0) is 24.5. The fraction of sp³-hybridized carbons (Fsp3) is 0.348. The molecule has 1 atom stereocenters. The highest BCUT2D eigenvalue weighted by molar-refractivity contribution is 7.15. The summed E-state index contributed by atoms with van der Waals surface area (Å²) in [5, 5.41) is 10.2. The molecule has 4 aromatic rings. The van der Waals surface area contributed by atoms with Gasteiger partial charge in [0.25, 0.3) is 0 Å². The molecule has 35 heavy (non-hydrogen) atoms. The van der Waals surface area contributed by atoms with Crippen molar-refractivity contribution >= 4 is 28.5 Å². The number of halogens is 2. The third-order valence-electron chi connectivity index (χ3n) is 5.88. The molecular weight excluding hydrogens is 478 g/mol. The predicted octanol–water partition coefficient (Wildman–Crippen LogP) is 4.48. The molecule has 0 spiro atoms. The van der Waals surface area contributed by atoms with E-state index in [1.807, 2.05) is 6.92 Å². The van der Waals surface area contributed by atoms with Crippen molar-refractivity contribution in [2.24, 2.45) is 0 Å². The summed E-state index contributed by atoms with van der Waals surface area (Å²) in [5.74, 6) is -1.40. The van der Waals surface area contributed by atoms with E-state index in [1.165, 1.54) is 11.3 Å². The van der Waals surface area contributed by atoms with Crippen LogP contribution in [0.15, 0.2) is 24.3 Å². The van der Waals surface area contributed by atoms with Crippen LogP contribution >= 0.6 is 11.3 Å². The van der Waals surface area contributed by atoms with Crippen LogP contribution in [0.5, 0.6) is 0 Å². The Morgan fingerprint density at radius 1 is 1.23 bits per heavy atom. The van der Waals surface area contributed by atoms with Gasteiger partial charge in [0.15, 0.2) is 22.7 Å². The van der Waals surface area contributed by atoms with E-state index in [9.17, 15) is 13.6 Å². The number of rotatable bonds is 6. The minimum absolute atomic E-state index is 0.0155. The summed E-state index contributed by atoms with van der Waals surface area (Å²) in [6.07, 6.45) is 1.42. The normalized spacial score (nSPS) is 15.8. The molecule has 1 aliphatic heterocycles. The number of aryl methyl sites for hydroxylation is 1. The standard InChI is InChI=1S/C23H22F2N6O3S/c1-12-22(35-18(26-12)11-34-23(32)31-8-4-5-13(31)10-33-2)17-7-3-6-16(27-17)14-9-15(24)20-21(19(14)25)29-30-28-20/h3,6-7,9,13H,4-5,8,10-11H2,1-2H3,(H,28,29,30). The number of ether oxygens (including phenoxy) is 2. The van der Waals surface area contributed by atoms with Gasteiger partial charge in [-0.2, -0.15) is 15.4 Å². The van der Waals surface area contributed by atoms with Gasteiger partial charge in [0.05, 0.1) is 34.6 Å². The molecule has 182 valence electrons. The summed E-state index contributed by atoms with van der Waals surface area (Å²) in [5.41, 5.74) is 1.14. The number of H-pyrrole nitrogens is 1. The van der Waals surface area contributed by atoms with Crippen molar-refractivity contribution in [3.63, 3.8) is 0 Å². The second-order valence-electron chi connectivity index (χ2n) is 8.17. The Bertz CT molecular complexity index is 1390. The molecule has 9 nitrogen and oxygen atoms in total. The zero-order valence-corrected chi connectivity index (χ0v) is 19.9. The number of hydrogen-bond donors (Lipinski definition) is 1. The number of aromatic amines is 1. The van der Waals surface area contributed by atoms with E-state index in [0.717, 1.165) is 23.8 Å². The monoisotopic (exact) mass is 500 g/mol. The lowest BCUT2D eigenvalue weighted by Crippen LogP contribution is -2.38. The molecule has 1 aliphatic rings. The summed E-state index contributed by atoms with van der Waals surface area (Å²) >= 11 is 1.33. The molecule has 4 heterocycles. The van der Waals surface area contributed by atoms with Crippen molar-refractivity contribution in [1.29, 1.82) is 0 Å². The first kappa shape index (κ1) is 23.2. The highest BCUT2D eigenvalue weighted by atomic mass is 32.1. The van der Waals surface area contributed by atoms with Gasteiger partial charge < -0.3 is 14.4 Å². The van der Waals surface area contributed by atoms with Crippen LogP contribution in [0.4, 0.5) is 13.6 Å². The Kier molecular flexibility index (Phi) is 6.39. The summed E-state index contributed by atoms with van der Waals surface area (Å²) in [7, 11) is 1.61. The number of amides is 1. The summed E-state index contributed by atoms with van der Waals surface area (Å²) in [4.78, 5) is 24.0. The molecule has 1 unspecified atom stereocenters. The average Bonchev–Trinajstić information content (AvgIpc) is 3.60. The Hall–Kier alpha value is -3.51. The van der Waals surface area contributed by atoms with Crippen molar-refractivity contribution in [2.45, 2.75) is 32.4 Å². The Morgan fingerprint density at radius 2 is 2.03 bits per heavy atom. The number of carbonyl (C=O) groups excluding carboxylic acids is 1. The number of benzene rings is 1. The second kappa shape index (κ2) is 9.62. The Morgan fingerprint density at radius 3 is 2.86 bits per heavy atom. The molecule has 3 aromatic heterocycles. The van der Waals surface area contributed by atoms with Gasteiger partial charge in [-0.3, -0.25) is 0 Å². The van der Waals surface area contributed by atoms with Crippen LogP contribution in [0.3, 0.4) is 0 Å². The van der Waals surface area contributed by atoms with Gasteiger partial charge in [-0.1, -0.05) is 6.07 Å². The molecule has 1 fully saturated rings. The molecule has 0 saturated carbocycles. The number of thiazole rings is 1. The Balaban J connectivity index is 1.36. The van der Waals surface area contributed by atoms with Gasteiger partial charge in [-0.15, -0.1) is 11.3 Å². The highest BCUT2D eigenvalue weighted by Gasteiger charge is 2.30. The topological polar surface area (TPSA) is 106 Å². The Labute approximate surface area is 203 Å². The van der Waals surface area contributed by atoms with E-state index >= 15 is 0 Å². The van der Waals surface area contributed by atoms with Crippen LogP contribution in [0.25, 0.3) is 32.9 Å². The minimum Gasteiger partial charge on any atom is -0.442 e. The van der Waals surface area contributed by atoms with E-state index in [2.05, 4.69) is 25.4 Å². The number of pyridine rings is 1. The van der Waals surface area contributed by atoms with Crippen LogP contribution in [0.2, 0.25) is 0 Å². The van der Waals surface area contributed by atoms with Crippen molar-refractivity contribution in [1.82, 2.24) is 30.3 Å². The third kappa shape index (κ3) is 4.46. The van der Waals surface area contributed by atoms with Crippen molar-refractivity contribution in [3.05, 3.63) is 46.6 Å². The maximum Gasteiger partial charge on any atom is 0.410 e. The van der Waals surface area contributed by atoms with Gasteiger partial charge in [0.2, 0.25) is 0 Å². The first-order chi connectivity index (χ1) is 17.0. The first-order valence-electron chi connectivity index (χ1n) is 11.0. The van der Waals surface area contributed by atoms with Crippen LogP contribution in [-0.4, -0.2) is 62.7 Å². The largest absolute Gasteiger partial charge is 0.442 e. The molecule has 1 aromatic carbocycles. The van der Waals surface area contributed by atoms with Crippen molar-refractivity contribution in [3.8, 4) is 21.8 Å². The van der Waals surface area contributed by atoms with Crippen LogP contribution in [-0.2, 0) is 16.1 Å². The van der Waals surface area contributed by atoms with E-state index in [1.54, 1.807) is 30.2 Å². The smallest absolute Gasteiger partial charge is 0.410 e. The van der Waals surface area contributed by atoms with E-state index in [4.69, 9.17) is 9.47 Å². The summed E-state index contributed by atoms with van der Waals surface area (Å²) < 4.78 is 40.0. The van der Waals surface area contributed by atoms with Crippen LogP contribution in [0, 0.1) is 18.6 Å². The van der Waals surface area contributed by atoms with E-state index in [0.29, 0.717) is 29.5 Å². The number of nitrogens with zero attached hydrogens (tertiary/aromatic N) is 5. The lowest BCUT2D eigenvalue weighted by Gasteiger charge is -2.23. The second-order valence-corrected chi connectivity index (χ2v) is 9.25. The number of aromatic nitrogens is 5. The van der Waals surface area contributed by atoms with E-state index in [-0.39, 0.29) is 41.0 Å². The lowest BCUT2D eigenvalue weighted by molar-refractivity contribution is 0.0700. The third-order valence-corrected chi connectivity index (χ3v) is 7.03. The number of methoxy groups -OCH3 is 1. The molecule has 5 rings (SSSR count). The zero-order valence-electron chi connectivity index (χ0n) is 19.0. The molecule has 1 saturated heterocycles. The van der Waals surface area contributed by atoms with Crippen molar-refractivity contribution < 1.29 is 23.0 Å². The highest BCUT2D eigenvalue weighted by Crippen LogP contribution is 2.33. The molecule has 0 aliphatic carbocycles. The quantitative estimate of drug-likeness (QED) is 0.416. The molecule has 1 N–H and O–H groups in total. The number of nitrogens with one attached hydrogen (secondary N) is 1. The molecular formula is C23H22F2N6O3S. The number of carbonyl (C=O) groups is 1. The summed E-state index contributed by atoms with van der Waals surface area (Å²) in [6, 6.07) is 6.16. The first-order valence-corrected chi connectivity index (χ1v) is 11.8. The van der Waals surface area contributed by atoms with Gasteiger partial charge in [-0.25, -0.2) is 23.5 Å². The maximum absolute atomic E-state index is 15.0. The minimum atomic E-state index is -0.706. The fourth-order valence-corrected chi connectivity index (χ4v) is 5.18. The average molecular weight is 501 g/mol. The van der Waals surface area contributed by atoms with Gasteiger partial charge in [0, 0.05) is 19.2 Å². The summed E-state index contributed by atoms with van der Waals surface area (Å²) in [6.45, 7) is 2.97. The van der Waals surface area contributed by atoms with Crippen LogP contribution < -0.4 is 0 Å². The van der Waals surface area contributed by atoms with Crippen LogP contribution in [0.1, 0.15) is 23.5 Å². The number of fused-ring (bicyclic) bond motifs is 1. The molecule has 0 radical (unpaired) electrons. The molecule has 1 amide bonds.